The standard InChI is InChI=1S/C11H17FN2/c1-2-3-4-7-10(13)11-9(12)6-5-8-14-11/h5-6,8,10H,2-4,7,13H2,1H3. The van der Waals surface area contributed by atoms with Crippen LogP contribution in [0.4, 0.5) is 4.39 Å². The molecule has 1 unspecified atom stereocenters. The van der Waals surface area contributed by atoms with E-state index in [1.165, 1.54) is 6.07 Å². The van der Waals surface area contributed by atoms with E-state index in [0.29, 0.717) is 5.69 Å². The van der Waals surface area contributed by atoms with Gasteiger partial charge in [-0.15, -0.1) is 0 Å². The highest BCUT2D eigenvalue weighted by atomic mass is 19.1. The second-order valence-corrected chi connectivity index (χ2v) is 3.47. The molecule has 0 fully saturated rings. The number of rotatable bonds is 5. The van der Waals surface area contributed by atoms with Gasteiger partial charge in [0.05, 0.1) is 5.69 Å². The predicted molar refractivity (Wildman–Crippen MR) is 55.3 cm³/mol. The summed E-state index contributed by atoms with van der Waals surface area (Å²) in [6, 6.07) is 2.72. The summed E-state index contributed by atoms with van der Waals surface area (Å²) < 4.78 is 13.2. The Balaban J connectivity index is 2.51. The van der Waals surface area contributed by atoms with Gasteiger partial charge >= 0.3 is 0 Å². The number of pyridine rings is 1. The van der Waals surface area contributed by atoms with Gasteiger partial charge in [-0.3, -0.25) is 4.98 Å². The summed E-state index contributed by atoms with van der Waals surface area (Å²) in [4.78, 5) is 3.96. The van der Waals surface area contributed by atoms with E-state index in [9.17, 15) is 4.39 Å². The minimum absolute atomic E-state index is 0.261. The molecule has 78 valence electrons. The van der Waals surface area contributed by atoms with Gasteiger partial charge in [-0.25, -0.2) is 4.39 Å². The first kappa shape index (κ1) is 11.1. The Labute approximate surface area is 84.3 Å². The maximum Gasteiger partial charge on any atom is 0.146 e. The topological polar surface area (TPSA) is 38.9 Å². The third kappa shape index (κ3) is 3.07. The third-order valence-corrected chi connectivity index (χ3v) is 2.26. The van der Waals surface area contributed by atoms with Gasteiger partial charge in [0.2, 0.25) is 0 Å². The molecule has 0 amide bonds. The normalized spacial score (nSPS) is 12.8. The lowest BCUT2D eigenvalue weighted by Gasteiger charge is -2.10. The monoisotopic (exact) mass is 196 g/mol. The molecular weight excluding hydrogens is 179 g/mol. The average molecular weight is 196 g/mol. The van der Waals surface area contributed by atoms with E-state index in [1.54, 1.807) is 12.3 Å². The van der Waals surface area contributed by atoms with Crippen LogP contribution in [0.2, 0.25) is 0 Å². The second kappa shape index (κ2) is 5.70. The van der Waals surface area contributed by atoms with E-state index in [4.69, 9.17) is 5.73 Å². The summed E-state index contributed by atoms with van der Waals surface area (Å²) >= 11 is 0. The molecule has 0 aliphatic carbocycles. The van der Waals surface area contributed by atoms with Gasteiger partial charge in [-0.1, -0.05) is 26.2 Å². The van der Waals surface area contributed by atoms with Gasteiger partial charge in [0.15, 0.2) is 0 Å². The largest absolute Gasteiger partial charge is 0.323 e. The van der Waals surface area contributed by atoms with Crippen LogP contribution in [-0.4, -0.2) is 4.98 Å². The third-order valence-electron chi connectivity index (χ3n) is 2.26. The van der Waals surface area contributed by atoms with Crippen molar-refractivity contribution in [3.63, 3.8) is 0 Å². The Morgan fingerprint density at radius 3 is 2.93 bits per heavy atom. The first-order chi connectivity index (χ1) is 6.75. The van der Waals surface area contributed by atoms with Crippen LogP contribution < -0.4 is 5.73 Å². The number of halogens is 1. The first-order valence-corrected chi connectivity index (χ1v) is 5.11. The molecule has 1 atom stereocenters. The van der Waals surface area contributed by atoms with Gasteiger partial charge < -0.3 is 5.73 Å². The summed E-state index contributed by atoms with van der Waals surface area (Å²) in [6.07, 6.45) is 5.72. The van der Waals surface area contributed by atoms with Crippen molar-refractivity contribution in [1.82, 2.24) is 4.98 Å². The summed E-state index contributed by atoms with van der Waals surface area (Å²) in [5.41, 5.74) is 6.23. The molecule has 1 rings (SSSR count). The molecule has 2 nitrogen and oxygen atoms in total. The smallest absolute Gasteiger partial charge is 0.146 e. The number of aromatic nitrogens is 1. The lowest BCUT2D eigenvalue weighted by Crippen LogP contribution is -2.13. The quantitative estimate of drug-likeness (QED) is 0.735. The fourth-order valence-electron chi connectivity index (χ4n) is 1.42. The van der Waals surface area contributed by atoms with E-state index in [-0.39, 0.29) is 11.9 Å². The molecule has 1 aromatic heterocycles. The lowest BCUT2D eigenvalue weighted by atomic mass is 10.1. The van der Waals surface area contributed by atoms with Crippen LogP contribution in [0.3, 0.4) is 0 Å². The molecular formula is C11H17FN2. The van der Waals surface area contributed by atoms with Gasteiger partial charge in [-0.2, -0.15) is 0 Å². The molecule has 0 aliphatic rings. The minimum Gasteiger partial charge on any atom is -0.323 e. The molecule has 14 heavy (non-hydrogen) atoms. The van der Waals surface area contributed by atoms with Crippen LogP contribution in [-0.2, 0) is 0 Å². The highest BCUT2D eigenvalue weighted by Gasteiger charge is 2.11. The highest BCUT2D eigenvalue weighted by molar-refractivity contribution is 5.10. The van der Waals surface area contributed by atoms with Crippen molar-refractivity contribution in [3.05, 3.63) is 29.8 Å². The van der Waals surface area contributed by atoms with Crippen LogP contribution >= 0.6 is 0 Å². The van der Waals surface area contributed by atoms with Crippen LogP contribution in [0.15, 0.2) is 18.3 Å². The molecule has 1 aromatic rings. The van der Waals surface area contributed by atoms with E-state index in [2.05, 4.69) is 11.9 Å². The van der Waals surface area contributed by atoms with Crippen molar-refractivity contribution in [1.29, 1.82) is 0 Å². The molecule has 0 aromatic carbocycles. The van der Waals surface area contributed by atoms with E-state index in [0.717, 1.165) is 25.7 Å². The van der Waals surface area contributed by atoms with Crippen LogP contribution in [0.5, 0.6) is 0 Å². The van der Waals surface area contributed by atoms with E-state index in [1.807, 2.05) is 0 Å². The molecule has 0 saturated carbocycles. The van der Waals surface area contributed by atoms with Crippen molar-refractivity contribution in [2.24, 2.45) is 5.73 Å². The first-order valence-electron chi connectivity index (χ1n) is 5.11. The highest BCUT2D eigenvalue weighted by Crippen LogP contribution is 2.17. The maximum absolute atomic E-state index is 13.2. The molecule has 0 bridgehead atoms. The molecule has 0 spiro atoms. The van der Waals surface area contributed by atoms with Crippen molar-refractivity contribution in [2.45, 2.75) is 38.6 Å². The summed E-state index contributed by atoms with van der Waals surface area (Å²) in [5, 5.41) is 0. The molecule has 0 saturated heterocycles. The molecule has 3 heteroatoms. The number of nitrogens with zero attached hydrogens (tertiary/aromatic N) is 1. The second-order valence-electron chi connectivity index (χ2n) is 3.47. The van der Waals surface area contributed by atoms with Crippen molar-refractivity contribution in [3.8, 4) is 0 Å². The van der Waals surface area contributed by atoms with Crippen molar-refractivity contribution < 1.29 is 4.39 Å². The van der Waals surface area contributed by atoms with Gasteiger partial charge in [-0.05, 0) is 18.6 Å². The number of hydrogen-bond donors (Lipinski definition) is 1. The fraction of sp³-hybridized carbons (Fsp3) is 0.545. The number of unbranched alkanes of at least 4 members (excludes halogenated alkanes) is 2. The zero-order valence-electron chi connectivity index (χ0n) is 8.54. The van der Waals surface area contributed by atoms with Crippen molar-refractivity contribution >= 4 is 0 Å². The Hall–Kier alpha value is -0.960. The van der Waals surface area contributed by atoms with E-state index < -0.39 is 0 Å². The zero-order valence-corrected chi connectivity index (χ0v) is 8.54. The SMILES string of the molecule is CCCCCC(N)c1ncccc1F. The Kier molecular flexibility index (Phi) is 4.53. The maximum atomic E-state index is 13.2. The summed E-state index contributed by atoms with van der Waals surface area (Å²) in [7, 11) is 0. The lowest BCUT2D eigenvalue weighted by molar-refractivity contribution is 0.524. The number of hydrogen-bond acceptors (Lipinski definition) is 2. The van der Waals surface area contributed by atoms with Crippen molar-refractivity contribution in [2.75, 3.05) is 0 Å². The zero-order chi connectivity index (χ0) is 10.4. The minimum atomic E-state index is -0.295. The summed E-state index contributed by atoms with van der Waals surface area (Å²) in [5.74, 6) is -0.295. The number of nitrogens with two attached hydrogens (primary N) is 1. The van der Waals surface area contributed by atoms with E-state index >= 15 is 0 Å². The van der Waals surface area contributed by atoms with Gasteiger partial charge in [0, 0.05) is 12.2 Å². The Bertz CT molecular complexity index is 276. The van der Waals surface area contributed by atoms with Crippen LogP contribution in [0, 0.1) is 5.82 Å². The molecule has 0 radical (unpaired) electrons. The van der Waals surface area contributed by atoms with Crippen LogP contribution in [0.25, 0.3) is 0 Å². The van der Waals surface area contributed by atoms with Gasteiger partial charge in [0.1, 0.15) is 5.82 Å². The molecule has 1 heterocycles. The van der Waals surface area contributed by atoms with Gasteiger partial charge in [0.25, 0.3) is 0 Å². The predicted octanol–water partition coefficient (Wildman–Crippen LogP) is 2.80. The van der Waals surface area contributed by atoms with Crippen LogP contribution in [0.1, 0.15) is 44.3 Å². The molecule has 0 aliphatic heterocycles. The average Bonchev–Trinajstić information content (AvgIpc) is 2.18. The molecule has 2 N–H and O–H groups in total. The Morgan fingerprint density at radius 2 is 2.29 bits per heavy atom. The Morgan fingerprint density at radius 1 is 1.50 bits per heavy atom. The summed E-state index contributed by atoms with van der Waals surface area (Å²) in [6.45, 7) is 2.13. The fourth-order valence-corrected chi connectivity index (χ4v) is 1.42.